The summed E-state index contributed by atoms with van der Waals surface area (Å²) in [6.07, 6.45) is 1.60. The number of halogens is 2. The van der Waals surface area contributed by atoms with E-state index in [1.54, 1.807) is 17.0 Å². The van der Waals surface area contributed by atoms with Crippen molar-refractivity contribution in [3.63, 3.8) is 0 Å². The predicted octanol–water partition coefficient (Wildman–Crippen LogP) is 3.16. The second-order valence-electron chi connectivity index (χ2n) is 5.56. The Balaban J connectivity index is 1.57. The number of benzene rings is 1. The van der Waals surface area contributed by atoms with Crippen LogP contribution in [0.3, 0.4) is 0 Å². The van der Waals surface area contributed by atoms with Crippen molar-refractivity contribution < 1.29 is 23.1 Å². The van der Waals surface area contributed by atoms with E-state index in [4.69, 9.17) is 20.8 Å². The summed E-state index contributed by atoms with van der Waals surface area (Å²) < 4.78 is 24.0. The summed E-state index contributed by atoms with van der Waals surface area (Å²) in [4.78, 5) is 25.7. The summed E-state index contributed by atoms with van der Waals surface area (Å²) in [5.74, 6) is -1.13. The van der Waals surface area contributed by atoms with Crippen molar-refractivity contribution in [3.05, 3.63) is 58.8 Å². The first-order chi connectivity index (χ1) is 11.5. The molecule has 24 heavy (non-hydrogen) atoms. The molecule has 1 atom stereocenters. The average molecular weight is 352 g/mol. The molecule has 5 nitrogen and oxygen atoms in total. The number of nitrogens with zero attached hydrogens (tertiary/aromatic N) is 1. The van der Waals surface area contributed by atoms with Crippen molar-refractivity contribution in [3.8, 4) is 0 Å². The van der Waals surface area contributed by atoms with Crippen molar-refractivity contribution in [2.24, 2.45) is 5.92 Å². The Bertz CT molecular complexity index is 727. The van der Waals surface area contributed by atoms with Gasteiger partial charge in [0.25, 0.3) is 0 Å². The Morgan fingerprint density at radius 2 is 2.21 bits per heavy atom. The van der Waals surface area contributed by atoms with E-state index in [-0.39, 0.29) is 36.1 Å². The van der Waals surface area contributed by atoms with Crippen LogP contribution >= 0.6 is 11.6 Å². The zero-order valence-electron chi connectivity index (χ0n) is 12.7. The molecular formula is C17H15ClFNO4. The molecule has 1 aliphatic rings. The highest BCUT2D eigenvalue weighted by Gasteiger charge is 2.35. The maximum atomic E-state index is 13.7. The third-order valence-corrected chi connectivity index (χ3v) is 4.25. The number of rotatable bonds is 5. The van der Waals surface area contributed by atoms with Crippen LogP contribution in [-0.4, -0.2) is 23.3 Å². The summed E-state index contributed by atoms with van der Waals surface area (Å²) in [6.45, 7) is 0.311. The van der Waals surface area contributed by atoms with Gasteiger partial charge in [-0.15, -0.1) is 0 Å². The molecule has 2 heterocycles. The van der Waals surface area contributed by atoms with Gasteiger partial charge in [-0.3, -0.25) is 9.59 Å². The van der Waals surface area contributed by atoms with Crippen LogP contribution in [-0.2, 0) is 27.5 Å². The topological polar surface area (TPSA) is 59.8 Å². The van der Waals surface area contributed by atoms with E-state index in [0.29, 0.717) is 12.3 Å². The molecule has 0 aliphatic carbocycles. The number of carbonyl (C=O) groups excluding carboxylic acids is 2. The van der Waals surface area contributed by atoms with E-state index >= 15 is 0 Å². The Morgan fingerprint density at radius 3 is 2.92 bits per heavy atom. The first-order valence-corrected chi connectivity index (χ1v) is 7.82. The van der Waals surface area contributed by atoms with Crippen LogP contribution in [0.2, 0.25) is 5.02 Å². The van der Waals surface area contributed by atoms with Crippen LogP contribution in [0.4, 0.5) is 4.39 Å². The van der Waals surface area contributed by atoms with Crippen molar-refractivity contribution in [2.45, 2.75) is 19.6 Å². The van der Waals surface area contributed by atoms with Gasteiger partial charge in [-0.2, -0.15) is 0 Å². The van der Waals surface area contributed by atoms with Crippen LogP contribution in [0.5, 0.6) is 0 Å². The molecule has 1 saturated heterocycles. The minimum absolute atomic E-state index is 0.0740. The standard InChI is InChI=1S/C17H15ClFNO4/c18-14-4-1-5-15(19)13(14)10-24-17(22)11-7-16(21)20(8-11)9-12-3-2-6-23-12/h1-6,11H,7-10H2/t11-/m0/s1. The second-order valence-corrected chi connectivity index (χ2v) is 5.97. The number of furan rings is 1. The van der Waals surface area contributed by atoms with E-state index in [1.165, 1.54) is 24.5 Å². The van der Waals surface area contributed by atoms with Gasteiger partial charge in [-0.1, -0.05) is 17.7 Å². The molecule has 0 radical (unpaired) electrons. The van der Waals surface area contributed by atoms with Gasteiger partial charge >= 0.3 is 5.97 Å². The Hall–Kier alpha value is -2.34. The molecule has 0 spiro atoms. The second kappa shape index (κ2) is 7.05. The van der Waals surface area contributed by atoms with Crippen LogP contribution < -0.4 is 0 Å². The highest BCUT2D eigenvalue weighted by Crippen LogP contribution is 2.24. The normalized spacial score (nSPS) is 17.3. The molecule has 0 saturated carbocycles. The number of hydrogen-bond donors (Lipinski definition) is 0. The Kier molecular flexibility index (Phi) is 4.85. The van der Waals surface area contributed by atoms with Crippen LogP contribution in [0.25, 0.3) is 0 Å². The summed E-state index contributed by atoms with van der Waals surface area (Å²) in [5.41, 5.74) is 0.129. The van der Waals surface area contributed by atoms with Crippen molar-refractivity contribution in [1.82, 2.24) is 4.90 Å². The molecule has 0 N–H and O–H groups in total. The van der Waals surface area contributed by atoms with E-state index in [1.807, 2.05) is 0 Å². The molecule has 1 aromatic carbocycles. The summed E-state index contributed by atoms with van der Waals surface area (Å²) in [5, 5.41) is 0.199. The molecule has 3 rings (SSSR count). The molecule has 126 valence electrons. The molecule has 1 aliphatic heterocycles. The third kappa shape index (κ3) is 3.59. The SMILES string of the molecule is O=C(OCc1c(F)cccc1Cl)[C@H]1CC(=O)N(Cc2ccco2)C1. The van der Waals surface area contributed by atoms with Gasteiger partial charge in [0.1, 0.15) is 18.2 Å². The number of esters is 1. The molecular weight excluding hydrogens is 337 g/mol. The Labute approximate surface area is 142 Å². The first-order valence-electron chi connectivity index (χ1n) is 7.44. The highest BCUT2D eigenvalue weighted by atomic mass is 35.5. The van der Waals surface area contributed by atoms with Crippen molar-refractivity contribution >= 4 is 23.5 Å². The molecule has 1 fully saturated rings. The maximum Gasteiger partial charge on any atom is 0.311 e. The van der Waals surface area contributed by atoms with Gasteiger partial charge < -0.3 is 14.1 Å². The average Bonchev–Trinajstić information content (AvgIpc) is 3.17. The first kappa shape index (κ1) is 16.5. The molecule has 1 amide bonds. The quantitative estimate of drug-likeness (QED) is 0.776. The summed E-state index contributed by atoms with van der Waals surface area (Å²) in [6, 6.07) is 7.75. The van der Waals surface area contributed by atoms with E-state index in [2.05, 4.69) is 0 Å². The number of ether oxygens (including phenoxy) is 1. The van der Waals surface area contributed by atoms with E-state index in [0.717, 1.165) is 0 Å². The van der Waals surface area contributed by atoms with Crippen LogP contribution in [0.1, 0.15) is 17.7 Å². The largest absolute Gasteiger partial charge is 0.467 e. The number of carbonyl (C=O) groups is 2. The lowest BCUT2D eigenvalue weighted by Gasteiger charge is -2.15. The van der Waals surface area contributed by atoms with Crippen LogP contribution in [0.15, 0.2) is 41.0 Å². The number of amides is 1. The van der Waals surface area contributed by atoms with Gasteiger partial charge in [-0.05, 0) is 24.3 Å². The van der Waals surface area contributed by atoms with Gasteiger partial charge in [-0.25, -0.2) is 4.39 Å². The maximum absolute atomic E-state index is 13.7. The van der Waals surface area contributed by atoms with Gasteiger partial charge in [0.05, 0.1) is 23.7 Å². The van der Waals surface area contributed by atoms with Gasteiger partial charge in [0.15, 0.2) is 0 Å². The minimum Gasteiger partial charge on any atom is -0.467 e. The number of likely N-dealkylation sites (tertiary alicyclic amines) is 1. The lowest BCUT2D eigenvalue weighted by Crippen LogP contribution is -2.26. The zero-order chi connectivity index (χ0) is 17.1. The van der Waals surface area contributed by atoms with Crippen molar-refractivity contribution in [1.29, 1.82) is 0 Å². The van der Waals surface area contributed by atoms with Gasteiger partial charge in [0.2, 0.25) is 5.91 Å². The molecule has 0 bridgehead atoms. The molecule has 0 unspecified atom stereocenters. The zero-order valence-corrected chi connectivity index (χ0v) is 13.5. The molecule has 7 heteroatoms. The van der Waals surface area contributed by atoms with E-state index in [9.17, 15) is 14.0 Å². The fourth-order valence-corrected chi connectivity index (χ4v) is 2.82. The molecule has 2 aromatic rings. The highest BCUT2D eigenvalue weighted by molar-refractivity contribution is 6.31. The predicted molar refractivity (Wildman–Crippen MR) is 83.4 cm³/mol. The summed E-state index contributed by atoms with van der Waals surface area (Å²) >= 11 is 5.89. The Morgan fingerprint density at radius 1 is 1.38 bits per heavy atom. The third-order valence-electron chi connectivity index (χ3n) is 3.90. The fourth-order valence-electron chi connectivity index (χ4n) is 2.60. The van der Waals surface area contributed by atoms with Gasteiger partial charge in [0, 0.05) is 18.5 Å². The van der Waals surface area contributed by atoms with Crippen LogP contribution in [0, 0.1) is 11.7 Å². The smallest absolute Gasteiger partial charge is 0.311 e. The summed E-state index contributed by atoms with van der Waals surface area (Å²) in [7, 11) is 0. The fraction of sp³-hybridized carbons (Fsp3) is 0.294. The van der Waals surface area contributed by atoms with Crippen molar-refractivity contribution in [2.75, 3.05) is 6.54 Å². The van der Waals surface area contributed by atoms with E-state index < -0.39 is 17.7 Å². The monoisotopic (exact) mass is 351 g/mol. The lowest BCUT2D eigenvalue weighted by atomic mass is 10.1. The minimum atomic E-state index is -0.571. The molecule has 1 aromatic heterocycles. The lowest BCUT2D eigenvalue weighted by molar-refractivity contribution is -0.149. The number of hydrogen-bond acceptors (Lipinski definition) is 4.